The van der Waals surface area contributed by atoms with Crippen LogP contribution in [0.15, 0.2) is 36.4 Å². The topological polar surface area (TPSA) is 236 Å². The number of aliphatic hydroxyl groups excluding tert-OH is 4. The summed E-state index contributed by atoms with van der Waals surface area (Å²) in [5.74, 6) is -4.28. The second-order valence-electron chi connectivity index (χ2n) is 7.92. The standard InChI is InChI=1S/C8H4O3.C8H16O2.C5H12O4.C4H4O4/c9-7-5-3-1-2-4-6(5)8(10)11-7;1-2-3-4-5-6-7-8(9)10;6-1-5(2-7,3-8)4-9;5-3(6)1-2-4(7)8/h1-4H;2-7H2,1H3,(H,9,10);6-9H,1-4H2;1-2H,(H,5,6)(H,7,8)/b;;;2-1+. The Labute approximate surface area is 219 Å². The number of aliphatic carboxylic acids is 3. The van der Waals surface area contributed by atoms with Crippen molar-refractivity contribution in [1.29, 1.82) is 0 Å². The number of fused-ring (bicyclic) bond motifs is 1. The first-order chi connectivity index (χ1) is 17.9. The summed E-state index contributed by atoms with van der Waals surface area (Å²) in [5.41, 5.74) is -0.394. The van der Waals surface area contributed by atoms with Crippen LogP contribution in [0.25, 0.3) is 0 Å². The van der Waals surface area contributed by atoms with Crippen LogP contribution in [0.3, 0.4) is 0 Å². The fraction of sp³-hybridized carbons (Fsp3) is 0.480. The lowest BCUT2D eigenvalue weighted by Gasteiger charge is -2.23. The number of rotatable bonds is 12. The maximum absolute atomic E-state index is 10.8. The Bertz CT molecular complexity index is 838. The summed E-state index contributed by atoms with van der Waals surface area (Å²) in [4.78, 5) is 50.8. The molecule has 7 N–H and O–H groups in total. The van der Waals surface area contributed by atoms with E-state index in [9.17, 15) is 24.0 Å². The number of benzene rings is 1. The molecule has 0 spiro atoms. The number of hydrogen-bond acceptors (Lipinski definition) is 10. The van der Waals surface area contributed by atoms with Crippen LogP contribution in [0.4, 0.5) is 0 Å². The molecule has 1 aromatic rings. The Morgan fingerprint density at radius 3 is 1.42 bits per heavy atom. The Balaban J connectivity index is 0. The summed E-state index contributed by atoms with van der Waals surface area (Å²) in [7, 11) is 0. The van der Waals surface area contributed by atoms with Gasteiger partial charge in [0.25, 0.3) is 0 Å². The normalized spacial score (nSPS) is 11.6. The van der Waals surface area contributed by atoms with Crippen LogP contribution in [0, 0.1) is 5.41 Å². The number of carboxylic acids is 3. The second kappa shape index (κ2) is 21.4. The van der Waals surface area contributed by atoms with E-state index in [4.69, 9.17) is 35.7 Å². The van der Waals surface area contributed by atoms with E-state index in [1.807, 2.05) is 0 Å². The number of cyclic esters (lactones) is 2. The van der Waals surface area contributed by atoms with Crippen molar-refractivity contribution < 1.29 is 64.5 Å². The third-order valence-corrected chi connectivity index (χ3v) is 4.76. The highest BCUT2D eigenvalue weighted by Crippen LogP contribution is 2.18. The van der Waals surface area contributed by atoms with E-state index in [1.165, 1.54) is 19.3 Å². The molecule has 0 radical (unpaired) electrons. The molecule has 0 fully saturated rings. The lowest BCUT2D eigenvalue weighted by Crippen LogP contribution is -2.37. The van der Waals surface area contributed by atoms with E-state index in [1.54, 1.807) is 24.3 Å². The SMILES string of the molecule is CCCCCCCC(=O)O.O=C(O)/C=C/C(=O)O.O=C1OC(=O)c2ccccc21.OCC(CO)(CO)CO. The fourth-order valence-corrected chi connectivity index (χ4v) is 2.36. The molecule has 0 unspecified atom stereocenters. The van der Waals surface area contributed by atoms with Gasteiger partial charge in [0, 0.05) is 18.6 Å². The first kappa shape index (κ1) is 36.5. The minimum atomic E-state index is -1.26. The summed E-state index contributed by atoms with van der Waals surface area (Å²) in [6.07, 6.45) is 7.00. The number of esters is 2. The molecule has 0 amide bonds. The lowest BCUT2D eigenvalue weighted by molar-refractivity contribution is -0.137. The maximum atomic E-state index is 10.8. The van der Waals surface area contributed by atoms with Gasteiger partial charge in [0.2, 0.25) is 0 Å². The molecule has 13 heteroatoms. The van der Waals surface area contributed by atoms with Crippen LogP contribution < -0.4 is 0 Å². The van der Waals surface area contributed by atoms with Gasteiger partial charge in [-0.2, -0.15) is 0 Å². The highest BCUT2D eigenvalue weighted by Gasteiger charge is 2.28. The number of hydrogen-bond donors (Lipinski definition) is 7. The highest BCUT2D eigenvalue weighted by molar-refractivity contribution is 6.14. The van der Waals surface area contributed by atoms with Crippen molar-refractivity contribution in [2.45, 2.75) is 45.4 Å². The number of carbonyl (C=O) groups is 5. The van der Waals surface area contributed by atoms with Crippen LogP contribution in [-0.4, -0.2) is 92.0 Å². The van der Waals surface area contributed by atoms with Crippen LogP contribution >= 0.6 is 0 Å². The van der Waals surface area contributed by atoms with Gasteiger partial charge in [0.1, 0.15) is 0 Å². The average Bonchev–Trinajstić information content (AvgIpc) is 3.19. The first-order valence-electron chi connectivity index (χ1n) is 11.6. The lowest BCUT2D eigenvalue weighted by atomic mass is 9.93. The zero-order chi connectivity index (χ0) is 29.6. The van der Waals surface area contributed by atoms with Gasteiger partial charge in [-0.25, -0.2) is 19.2 Å². The van der Waals surface area contributed by atoms with Crippen molar-refractivity contribution in [2.75, 3.05) is 26.4 Å². The van der Waals surface area contributed by atoms with Gasteiger partial charge in [0.15, 0.2) is 0 Å². The molecule has 214 valence electrons. The molecular weight excluding hydrogens is 508 g/mol. The fourth-order valence-electron chi connectivity index (χ4n) is 2.36. The molecule has 38 heavy (non-hydrogen) atoms. The predicted molar refractivity (Wildman–Crippen MR) is 132 cm³/mol. The van der Waals surface area contributed by atoms with Gasteiger partial charge in [-0.05, 0) is 18.6 Å². The molecule has 1 aliphatic rings. The summed E-state index contributed by atoms with van der Waals surface area (Å²) in [6, 6.07) is 6.53. The maximum Gasteiger partial charge on any atom is 0.346 e. The molecule has 2 rings (SSSR count). The third-order valence-electron chi connectivity index (χ3n) is 4.76. The summed E-state index contributed by atoms with van der Waals surface area (Å²) in [6.45, 7) is 0.525. The van der Waals surface area contributed by atoms with E-state index in [0.717, 1.165) is 12.8 Å². The third kappa shape index (κ3) is 16.9. The average molecular weight is 545 g/mol. The van der Waals surface area contributed by atoms with Crippen LogP contribution in [-0.2, 0) is 19.1 Å². The van der Waals surface area contributed by atoms with Gasteiger partial charge < -0.3 is 40.5 Å². The Morgan fingerprint density at radius 1 is 0.737 bits per heavy atom. The van der Waals surface area contributed by atoms with Crippen molar-refractivity contribution in [3.8, 4) is 0 Å². The molecule has 1 aliphatic heterocycles. The molecule has 0 aromatic heterocycles. The summed E-state index contributed by atoms with van der Waals surface area (Å²) in [5, 5.41) is 57.9. The zero-order valence-electron chi connectivity index (χ0n) is 21.1. The van der Waals surface area contributed by atoms with Crippen LogP contribution in [0.5, 0.6) is 0 Å². The predicted octanol–water partition coefficient (Wildman–Crippen LogP) is 1.08. The van der Waals surface area contributed by atoms with Gasteiger partial charge in [0.05, 0.1) is 43.0 Å². The Kier molecular flexibility index (Phi) is 20.6. The van der Waals surface area contributed by atoms with E-state index in [2.05, 4.69) is 11.7 Å². The zero-order valence-corrected chi connectivity index (χ0v) is 21.1. The van der Waals surface area contributed by atoms with Crippen molar-refractivity contribution in [2.24, 2.45) is 5.41 Å². The molecule has 1 aromatic carbocycles. The van der Waals surface area contributed by atoms with Gasteiger partial charge >= 0.3 is 29.8 Å². The smallest absolute Gasteiger partial charge is 0.346 e. The largest absolute Gasteiger partial charge is 0.481 e. The molecule has 1 heterocycles. The van der Waals surface area contributed by atoms with E-state index in [-0.39, 0.29) is 0 Å². The second-order valence-corrected chi connectivity index (χ2v) is 7.92. The molecular formula is C25H36O13. The molecule has 0 saturated carbocycles. The monoisotopic (exact) mass is 544 g/mol. The van der Waals surface area contributed by atoms with E-state index in [0.29, 0.717) is 29.7 Å². The number of ether oxygens (including phenoxy) is 1. The van der Waals surface area contributed by atoms with Crippen LogP contribution in [0.2, 0.25) is 0 Å². The molecule has 0 saturated heterocycles. The first-order valence-corrected chi connectivity index (χ1v) is 11.6. The van der Waals surface area contributed by atoms with E-state index < -0.39 is 61.7 Å². The minimum Gasteiger partial charge on any atom is -0.481 e. The highest BCUT2D eigenvalue weighted by atomic mass is 16.6. The van der Waals surface area contributed by atoms with Gasteiger partial charge in [-0.1, -0.05) is 44.7 Å². The Morgan fingerprint density at radius 2 is 1.13 bits per heavy atom. The van der Waals surface area contributed by atoms with Crippen molar-refractivity contribution >= 4 is 29.8 Å². The molecule has 0 aliphatic carbocycles. The number of carboxylic acid groups (broad SMARTS) is 3. The number of aliphatic hydroxyl groups is 4. The Hall–Kier alpha value is -3.65. The summed E-state index contributed by atoms with van der Waals surface area (Å²) >= 11 is 0. The number of carbonyl (C=O) groups excluding carboxylic acids is 2. The molecule has 13 nitrogen and oxygen atoms in total. The molecule has 0 atom stereocenters. The quantitative estimate of drug-likeness (QED) is 0.0845. The van der Waals surface area contributed by atoms with Crippen molar-refractivity contribution in [3.05, 3.63) is 47.5 Å². The van der Waals surface area contributed by atoms with Crippen molar-refractivity contribution in [1.82, 2.24) is 0 Å². The van der Waals surface area contributed by atoms with Gasteiger partial charge in [-0.3, -0.25) is 4.79 Å². The minimum absolute atomic E-state index is 0.337. The van der Waals surface area contributed by atoms with Crippen LogP contribution in [0.1, 0.15) is 66.2 Å². The van der Waals surface area contributed by atoms with Gasteiger partial charge in [-0.15, -0.1) is 0 Å². The van der Waals surface area contributed by atoms with E-state index >= 15 is 0 Å². The van der Waals surface area contributed by atoms with Crippen molar-refractivity contribution in [3.63, 3.8) is 0 Å². The summed E-state index contributed by atoms with van der Waals surface area (Å²) < 4.78 is 4.35. The number of unbranched alkanes of at least 4 members (excludes halogenated alkanes) is 4. The molecule has 0 bridgehead atoms.